The van der Waals surface area contributed by atoms with Crippen LogP contribution in [0.3, 0.4) is 0 Å². The first-order chi connectivity index (χ1) is 7.83. The Morgan fingerprint density at radius 2 is 1.31 bits per heavy atom. The number of hydrogen-bond donors (Lipinski definition) is 0. The predicted octanol–water partition coefficient (Wildman–Crippen LogP) is 5.20. The van der Waals surface area contributed by atoms with Crippen LogP contribution in [0, 0.1) is 0 Å². The van der Waals surface area contributed by atoms with Crippen LogP contribution in [0.5, 0.6) is 0 Å². The first kappa shape index (κ1) is 18.4. The zero-order valence-electron chi connectivity index (χ0n) is 11.5. The maximum absolute atomic E-state index is 4.77. The first-order valence-electron chi connectivity index (χ1n) is 6.41. The molecule has 0 saturated carbocycles. The second kappa shape index (κ2) is 20.5. The summed E-state index contributed by atoms with van der Waals surface area (Å²) in [6.07, 6.45) is 12.8. The second-order valence-corrected chi connectivity index (χ2v) is 7.81. The van der Waals surface area contributed by atoms with Crippen molar-refractivity contribution in [2.24, 2.45) is 0 Å². The third-order valence-corrected chi connectivity index (χ3v) is 5.88. The van der Waals surface area contributed by atoms with Gasteiger partial charge in [-0.3, -0.25) is 0 Å². The van der Waals surface area contributed by atoms with Crippen molar-refractivity contribution in [3.05, 3.63) is 24.7 Å². The van der Waals surface area contributed by atoms with Gasteiger partial charge in [-0.15, -0.1) is 0 Å². The van der Waals surface area contributed by atoms with Crippen molar-refractivity contribution in [2.75, 3.05) is 0 Å². The number of unbranched alkanes of at least 4 members (excludes halogenated alkanes) is 2. The quantitative estimate of drug-likeness (QED) is 0.338. The van der Waals surface area contributed by atoms with Crippen molar-refractivity contribution in [2.45, 2.75) is 62.3 Å². The third-order valence-electron chi connectivity index (χ3n) is 1.84. The van der Waals surface area contributed by atoms with Gasteiger partial charge in [-0.1, -0.05) is 12.2 Å². The molecule has 0 N–H and O–H groups in total. The van der Waals surface area contributed by atoms with E-state index in [4.69, 9.17) is 4.74 Å². The fraction of sp³-hybridized carbons (Fsp3) is 0.714. The fourth-order valence-electron chi connectivity index (χ4n) is 0.931. The van der Waals surface area contributed by atoms with Gasteiger partial charge >= 0.3 is 69.5 Å². The van der Waals surface area contributed by atoms with Crippen LogP contribution in [-0.4, -0.2) is 21.1 Å². The molecule has 0 amide bonds. The molecule has 16 heavy (non-hydrogen) atoms. The molecular weight excluding hydrogens is 303 g/mol. The Hall–Kier alpha value is 0.0787. The third kappa shape index (κ3) is 23.7. The summed E-state index contributed by atoms with van der Waals surface area (Å²) in [4.78, 5) is 0. The number of ether oxygens (including phenoxy) is 1. The summed E-state index contributed by atoms with van der Waals surface area (Å²) >= 11 is 0.149. The summed E-state index contributed by atoms with van der Waals surface area (Å²) in [6, 6.07) is 0. The molecule has 0 rings (SSSR count). The van der Waals surface area contributed by atoms with Crippen molar-refractivity contribution in [1.29, 1.82) is 0 Å². The number of rotatable bonds is 8. The molecule has 0 aliphatic carbocycles. The van der Waals surface area contributed by atoms with Crippen molar-refractivity contribution < 1.29 is 4.74 Å². The summed E-state index contributed by atoms with van der Waals surface area (Å²) in [5.74, 6) is 0. The van der Waals surface area contributed by atoms with Crippen LogP contribution in [-0.2, 0) is 4.74 Å². The Bertz CT molecular complexity index is 137. The predicted molar refractivity (Wildman–Crippen MR) is 75.9 cm³/mol. The normalized spacial score (nSPS) is 10.5. The van der Waals surface area contributed by atoms with E-state index in [2.05, 4.69) is 13.8 Å². The van der Waals surface area contributed by atoms with Crippen LogP contribution in [0.25, 0.3) is 0 Å². The van der Waals surface area contributed by atoms with Gasteiger partial charge in [0.25, 0.3) is 0 Å². The summed E-state index contributed by atoms with van der Waals surface area (Å²) < 4.78 is 8.02. The molecule has 0 aromatic rings. The van der Waals surface area contributed by atoms with E-state index >= 15 is 0 Å². The van der Waals surface area contributed by atoms with E-state index in [9.17, 15) is 0 Å². The average molecular weight is 331 g/mol. The van der Waals surface area contributed by atoms with Crippen LogP contribution in [0.15, 0.2) is 24.7 Å². The minimum atomic E-state index is 0.149. The number of hydrogen-bond acceptors (Lipinski definition) is 1. The SMILES string of the molecule is CC=COC=CC.CCC[CH2][Sn][CH2]CCC. The van der Waals surface area contributed by atoms with Gasteiger partial charge in [-0.2, -0.15) is 0 Å². The first-order valence-corrected chi connectivity index (χ1v) is 10.5. The Morgan fingerprint density at radius 3 is 1.62 bits per heavy atom. The van der Waals surface area contributed by atoms with Crippen LogP contribution < -0.4 is 0 Å². The zero-order chi connectivity index (χ0) is 12.5. The van der Waals surface area contributed by atoms with Gasteiger partial charge in [0.15, 0.2) is 0 Å². The van der Waals surface area contributed by atoms with E-state index in [1.807, 2.05) is 26.0 Å². The molecule has 0 unspecified atom stereocenters. The van der Waals surface area contributed by atoms with Crippen molar-refractivity contribution in [3.8, 4) is 0 Å². The molecule has 1 nitrogen and oxygen atoms in total. The molecule has 94 valence electrons. The summed E-state index contributed by atoms with van der Waals surface area (Å²) in [5, 5.41) is 0. The van der Waals surface area contributed by atoms with Crippen LogP contribution in [0.4, 0.5) is 0 Å². The molecule has 0 spiro atoms. The second-order valence-electron chi connectivity index (χ2n) is 3.53. The van der Waals surface area contributed by atoms with Gasteiger partial charge in [0, 0.05) is 0 Å². The van der Waals surface area contributed by atoms with E-state index in [0.717, 1.165) is 0 Å². The van der Waals surface area contributed by atoms with E-state index in [1.54, 1.807) is 21.4 Å². The summed E-state index contributed by atoms with van der Waals surface area (Å²) in [7, 11) is 0. The van der Waals surface area contributed by atoms with E-state index in [1.165, 1.54) is 25.7 Å². The summed E-state index contributed by atoms with van der Waals surface area (Å²) in [6.45, 7) is 8.39. The van der Waals surface area contributed by atoms with Crippen molar-refractivity contribution >= 4 is 21.1 Å². The molecule has 0 saturated heterocycles. The Labute approximate surface area is 113 Å². The van der Waals surface area contributed by atoms with E-state index < -0.39 is 0 Å². The monoisotopic (exact) mass is 332 g/mol. The van der Waals surface area contributed by atoms with Gasteiger partial charge in [-0.25, -0.2) is 0 Å². The molecule has 0 aromatic carbocycles. The topological polar surface area (TPSA) is 9.23 Å². The maximum atomic E-state index is 4.77. The van der Waals surface area contributed by atoms with Gasteiger partial charge < -0.3 is 4.74 Å². The van der Waals surface area contributed by atoms with Crippen LogP contribution >= 0.6 is 0 Å². The molecule has 2 radical (unpaired) electrons. The molecule has 0 heterocycles. The van der Waals surface area contributed by atoms with Gasteiger partial charge in [0.1, 0.15) is 0 Å². The van der Waals surface area contributed by atoms with Crippen molar-refractivity contribution in [1.82, 2.24) is 0 Å². The Kier molecular flexibility index (Phi) is 23.6. The average Bonchev–Trinajstić information content (AvgIpc) is 2.31. The van der Waals surface area contributed by atoms with E-state index in [-0.39, 0.29) is 21.1 Å². The number of allylic oxidation sites excluding steroid dienone is 2. The molecular formula is C14H28OSn. The minimum absolute atomic E-state index is 0.149. The molecule has 0 bridgehead atoms. The zero-order valence-corrected chi connectivity index (χ0v) is 14.3. The molecule has 0 aliphatic heterocycles. The molecule has 0 atom stereocenters. The van der Waals surface area contributed by atoms with Gasteiger partial charge in [0.05, 0.1) is 12.5 Å². The summed E-state index contributed by atoms with van der Waals surface area (Å²) in [5.41, 5.74) is 0. The molecule has 0 aliphatic rings. The van der Waals surface area contributed by atoms with Crippen LogP contribution in [0.1, 0.15) is 53.4 Å². The van der Waals surface area contributed by atoms with Crippen LogP contribution in [0.2, 0.25) is 8.87 Å². The van der Waals surface area contributed by atoms with Gasteiger partial charge in [0.2, 0.25) is 0 Å². The molecule has 2 heteroatoms. The molecule has 0 aromatic heterocycles. The Morgan fingerprint density at radius 1 is 0.875 bits per heavy atom. The molecule has 0 fully saturated rings. The Balaban J connectivity index is 0. The van der Waals surface area contributed by atoms with E-state index in [0.29, 0.717) is 0 Å². The standard InChI is InChI=1S/C6H10O.2C4H9.Sn/c1-3-5-7-6-4-2;2*1-3-4-2;/h3-6H,1-2H3;2*1,3-4H2,2H3;. The van der Waals surface area contributed by atoms with Crippen molar-refractivity contribution in [3.63, 3.8) is 0 Å². The fourth-order valence-corrected chi connectivity index (χ4v) is 5.09. The van der Waals surface area contributed by atoms with Gasteiger partial charge in [-0.05, 0) is 13.8 Å².